The van der Waals surface area contributed by atoms with Gasteiger partial charge in [0, 0.05) is 23.5 Å². The van der Waals surface area contributed by atoms with Gasteiger partial charge in [0.1, 0.15) is 0 Å². The van der Waals surface area contributed by atoms with Crippen molar-refractivity contribution in [1.82, 2.24) is 4.98 Å². The van der Waals surface area contributed by atoms with Crippen molar-refractivity contribution in [2.45, 2.75) is 12.5 Å². The molecule has 0 fully saturated rings. The standard InChI is InChI=1S/C11H12N2O2.ClH/c12-9(11(14)15)5-7-6-13-10-4-2-1-3-8(7)10;/h1-4,6,9,13H,5,12H2,(H,14,15);1H/t9-;/m0./s1. The first-order valence-electron chi connectivity index (χ1n) is 4.79. The van der Waals surface area contributed by atoms with E-state index in [9.17, 15) is 4.79 Å². The number of hydrogen-bond donors (Lipinski definition) is 3. The lowest BCUT2D eigenvalue weighted by Crippen LogP contribution is -3.00. The SMILES string of the molecule is [Cl-].[NH3+][C@@H](Cc1c[nH]c2ccccc12)C(=O)O. The van der Waals surface area contributed by atoms with Crippen LogP contribution < -0.4 is 18.1 Å². The van der Waals surface area contributed by atoms with Crippen LogP contribution in [0.3, 0.4) is 0 Å². The monoisotopic (exact) mass is 240 g/mol. The van der Waals surface area contributed by atoms with Gasteiger partial charge in [0.2, 0.25) is 0 Å². The van der Waals surface area contributed by atoms with E-state index >= 15 is 0 Å². The Kier molecular flexibility index (Phi) is 3.93. The number of aromatic amines is 1. The molecule has 1 heterocycles. The second-order valence-corrected chi connectivity index (χ2v) is 3.60. The normalized spacial score (nSPS) is 12.1. The fourth-order valence-electron chi connectivity index (χ4n) is 1.65. The Labute approximate surface area is 98.9 Å². The van der Waals surface area contributed by atoms with Crippen molar-refractivity contribution in [3.8, 4) is 0 Å². The first-order chi connectivity index (χ1) is 7.18. The summed E-state index contributed by atoms with van der Waals surface area (Å²) in [6, 6.07) is 7.25. The van der Waals surface area contributed by atoms with Crippen molar-refractivity contribution in [2.24, 2.45) is 0 Å². The number of aromatic nitrogens is 1. The average Bonchev–Trinajstić information content (AvgIpc) is 2.62. The lowest BCUT2D eigenvalue weighted by Gasteiger charge is -2.01. The van der Waals surface area contributed by atoms with Gasteiger partial charge in [-0.3, -0.25) is 0 Å². The average molecular weight is 241 g/mol. The molecule has 0 spiro atoms. The largest absolute Gasteiger partial charge is 1.00 e. The molecule has 1 aromatic carbocycles. The number of para-hydroxylation sites is 1. The Bertz CT molecular complexity index is 495. The number of quaternary nitrogens is 1. The zero-order chi connectivity index (χ0) is 10.8. The number of hydrogen-bond acceptors (Lipinski definition) is 1. The molecule has 0 bridgehead atoms. The van der Waals surface area contributed by atoms with Gasteiger partial charge in [-0.25, -0.2) is 4.79 Å². The molecular weight excluding hydrogens is 228 g/mol. The van der Waals surface area contributed by atoms with Crippen molar-refractivity contribution in [1.29, 1.82) is 0 Å². The fourth-order valence-corrected chi connectivity index (χ4v) is 1.65. The Hall–Kier alpha value is -1.52. The number of carboxylic acids is 1. The third-order valence-corrected chi connectivity index (χ3v) is 2.49. The van der Waals surface area contributed by atoms with Crippen LogP contribution in [0.2, 0.25) is 0 Å². The van der Waals surface area contributed by atoms with E-state index in [1.54, 1.807) is 0 Å². The van der Waals surface area contributed by atoms with Gasteiger partial charge in [-0.05, 0) is 11.6 Å². The van der Waals surface area contributed by atoms with Gasteiger partial charge in [-0.2, -0.15) is 0 Å². The number of nitrogens with one attached hydrogen (secondary N) is 1. The maximum Gasteiger partial charge on any atom is 0.362 e. The molecule has 0 saturated heterocycles. The first-order valence-corrected chi connectivity index (χ1v) is 4.79. The van der Waals surface area contributed by atoms with Crippen LogP contribution in [0.25, 0.3) is 10.9 Å². The van der Waals surface area contributed by atoms with E-state index in [0.29, 0.717) is 6.42 Å². The van der Waals surface area contributed by atoms with E-state index in [-0.39, 0.29) is 12.4 Å². The van der Waals surface area contributed by atoms with Crippen LogP contribution in [0.1, 0.15) is 5.56 Å². The Morgan fingerprint density at radius 2 is 2.12 bits per heavy atom. The molecule has 4 nitrogen and oxygen atoms in total. The van der Waals surface area contributed by atoms with Gasteiger partial charge in [0.05, 0.1) is 0 Å². The smallest absolute Gasteiger partial charge is 0.362 e. The van der Waals surface area contributed by atoms with Crippen LogP contribution in [-0.4, -0.2) is 22.1 Å². The molecule has 5 heteroatoms. The van der Waals surface area contributed by atoms with Crippen molar-refractivity contribution in [3.05, 3.63) is 36.0 Å². The molecule has 2 aromatic rings. The number of H-pyrrole nitrogens is 1. The fraction of sp³-hybridized carbons (Fsp3) is 0.182. The van der Waals surface area contributed by atoms with E-state index in [2.05, 4.69) is 10.7 Å². The summed E-state index contributed by atoms with van der Waals surface area (Å²) < 4.78 is 0. The number of benzene rings is 1. The highest BCUT2D eigenvalue weighted by molar-refractivity contribution is 5.84. The molecule has 0 aliphatic rings. The predicted molar refractivity (Wildman–Crippen MR) is 56.3 cm³/mol. The topological polar surface area (TPSA) is 80.7 Å². The summed E-state index contributed by atoms with van der Waals surface area (Å²) in [6.45, 7) is 0. The molecule has 0 aliphatic heterocycles. The van der Waals surface area contributed by atoms with Crippen molar-refractivity contribution in [3.63, 3.8) is 0 Å². The van der Waals surface area contributed by atoms with Gasteiger partial charge in [-0.1, -0.05) is 18.2 Å². The molecule has 86 valence electrons. The quantitative estimate of drug-likeness (QED) is 0.551. The molecule has 0 saturated carbocycles. The minimum absolute atomic E-state index is 0. The number of fused-ring (bicyclic) bond motifs is 1. The molecule has 2 rings (SSSR count). The summed E-state index contributed by atoms with van der Waals surface area (Å²) in [7, 11) is 0. The molecule has 0 aliphatic carbocycles. The summed E-state index contributed by atoms with van der Waals surface area (Å²) >= 11 is 0. The Balaban J connectivity index is 0.00000128. The lowest BCUT2D eigenvalue weighted by atomic mass is 10.1. The van der Waals surface area contributed by atoms with E-state index in [0.717, 1.165) is 16.5 Å². The number of rotatable bonds is 3. The number of aliphatic carboxylic acids is 1. The third-order valence-electron chi connectivity index (χ3n) is 2.49. The molecule has 0 amide bonds. The van der Waals surface area contributed by atoms with Crippen molar-refractivity contribution >= 4 is 16.9 Å². The zero-order valence-electron chi connectivity index (χ0n) is 8.61. The van der Waals surface area contributed by atoms with Crippen molar-refractivity contribution < 1.29 is 28.0 Å². The van der Waals surface area contributed by atoms with Crippen LogP contribution in [0, 0.1) is 0 Å². The van der Waals surface area contributed by atoms with Crippen LogP contribution in [0.4, 0.5) is 0 Å². The number of carbonyl (C=O) groups is 1. The molecular formula is C11H13ClN2O2. The van der Waals surface area contributed by atoms with Crippen molar-refractivity contribution in [2.75, 3.05) is 0 Å². The predicted octanol–water partition coefficient (Wildman–Crippen LogP) is -2.59. The van der Waals surface area contributed by atoms with Crippen LogP contribution in [-0.2, 0) is 11.2 Å². The molecule has 0 unspecified atom stereocenters. The van der Waals surface area contributed by atoms with Crippen LogP contribution in [0.15, 0.2) is 30.5 Å². The highest BCUT2D eigenvalue weighted by atomic mass is 35.5. The Morgan fingerprint density at radius 3 is 2.81 bits per heavy atom. The molecule has 16 heavy (non-hydrogen) atoms. The van der Waals surface area contributed by atoms with Gasteiger partial charge in [0.25, 0.3) is 0 Å². The van der Waals surface area contributed by atoms with E-state index in [1.807, 2.05) is 30.5 Å². The number of carboxylic acid groups (broad SMARTS) is 1. The molecule has 0 radical (unpaired) electrons. The van der Waals surface area contributed by atoms with E-state index < -0.39 is 12.0 Å². The maximum atomic E-state index is 10.7. The van der Waals surface area contributed by atoms with Gasteiger partial charge in [-0.15, -0.1) is 0 Å². The van der Waals surface area contributed by atoms with Crippen LogP contribution >= 0.6 is 0 Å². The maximum absolute atomic E-state index is 10.7. The van der Waals surface area contributed by atoms with Gasteiger partial charge >= 0.3 is 5.97 Å². The zero-order valence-corrected chi connectivity index (χ0v) is 9.37. The summed E-state index contributed by atoms with van der Waals surface area (Å²) in [5, 5.41) is 9.86. The minimum Gasteiger partial charge on any atom is -1.00 e. The second-order valence-electron chi connectivity index (χ2n) is 3.60. The van der Waals surface area contributed by atoms with E-state index in [4.69, 9.17) is 5.11 Å². The third kappa shape index (κ3) is 2.35. The lowest BCUT2D eigenvalue weighted by molar-refractivity contribution is -0.407. The summed E-state index contributed by atoms with van der Waals surface area (Å²) in [4.78, 5) is 13.8. The highest BCUT2D eigenvalue weighted by Gasteiger charge is 2.17. The molecule has 1 aromatic heterocycles. The second kappa shape index (κ2) is 5.01. The number of halogens is 1. The summed E-state index contributed by atoms with van der Waals surface area (Å²) in [6.07, 6.45) is 2.31. The summed E-state index contributed by atoms with van der Waals surface area (Å²) in [5.74, 6) is -0.861. The summed E-state index contributed by atoms with van der Waals surface area (Å²) in [5.41, 5.74) is 5.65. The molecule has 1 atom stereocenters. The first kappa shape index (κ1) is 12.5. The molecule has 5 N–H and O–H groups in total. The van der Waals surface area contributed by atoms with Crippen LogP contribution in [0.5, 0.6) is 0 Å². The Morgan fingerprint density at radius 1 is 1.44 bits per heavy atom. The minimum atomic E-state index is -0.861. The van der Waals surface area contributed by atoms with E-state index in [1.165, 1.54) is 0 Å². The van der Waals surface area contributed by atoms with Gasteiger partial charge in [0.15, 0.2) is 6.04 Å². The van der Waals surface area contributed by atoms with Gasteiger partial charge < -0.3 is 28.2 Å². The highest BCUT2D eigenvalue weighted by Crippen LogP contribution is 2.18.